The molecule has 0 saturated heterocycles. The maximum Gasteiger partial charge on any atom is 0.305 e. The number of carbonyl (C=O) groups excluding carboxylic acids is 2. The van der Waals surface area contributed by atoms with Crippen molar-refractivity contribution in [3.63, 3.8) is 0 Å². The molecule has 6 heteroatoms. The molecule has 0 aromatic rings. The highest BCUT2D eigenvalue weighted by molar-refractivity contribution is 5.76. The number of aliphatic hydroxyl groups excluding tert-OH is 2. The molecule has 338 valence electrons. The molecule has 3 N–H and O–H groups in total. The normalized spacial score (nSPS) is 12.7. The van der Waals surface area contributed by atoms with Crippen LogP contribution in [0.3, 0.4) is 0 Å². The minimum atomic E-state index is -0.671. The Morgan fingerprint density at radius 2 is 0.825 bits per heavy atom. The topological polar surface area (TPSA) is 95.9 Å². The molecule has 2 atom stereocenters. The molecule has 0 saturated carbocycles. The van der Waals surface area contributed by atoms with Crippen LogP contribution in [0.15, 0.2) is 12.2 Å². The Kier molecular flexibility index (Phi) is 46.1. The van der Waals surface area contributed by atoms with E-state index in [0.717, 1.165) is 57.8 Å². The van der Waals surface area contributed by atoms with E-state index in [1.807, 2.05) is 0 Å². The first-order valence-electron chi connectivity index (χ1n) is 25.4. The van der Waals surface area contributed by atoms with Gasteiger partial charge in [-0.2, -0.15) is 0 Å². The fourth-order valence-electron chi connectivity index (χ4n) is 7.87. The van der Waals surface area contributed by atoms with Crippen molar-refractivity contribution in [2.45, 2.75) is 289 Å². The number of nitrogens with one attached hydrogen (secondary N) is 1. The standard InChI is InChI=1S/C51H99NO5/c1-3-5-7-9-11-13-14-15-16-17-18-19-20-21-25-29-33-37-41-45-51(56)57-46-42-38-34-30-26-23-22-24-28-32-36-40-44-50(55)52-48(47-53)49(54)43-39-35-31-27-12-10-8-6-4-2/h15-16,48-49,53-54H,3-14,17-47H2,1-2H3,(H,52,55)/b16-15-. The predicted octanol–water partition coefficient (Wildman–Crippen LogP) is 15.0. The molecule has 57 heavy (non-hydrogen) atoms. The largest absolute Gasteiger partial charge is 0.466 e. The van der Waals surface area contributed by atoms with Gasteiger partial charge in [-0.1, -0.05) is 225 Å². The summed E-state index contributed by atoms with van der Waals surface area (Å²) in [6.07, 6.45) is 53.3. The molecule has 0 aromatic carbocycles. The first kappa shape index (κ1) is 55.6. The first-order chi connectivity index (χ1) is 28.0. The molecule has 0 fully saturated rings. The van der Waals surface area contributed by atoms with Crippen LogP contribution in [-0.2, 0) is 14.3 Å². The zero-order chi connectivity index (χ0) is 41.5. The SMILES string of the molecule is CCCCCCCC/C=C\CCCCCCCCCCCC(=O)OCCCCCCCCCCCCCCC(=O)NC(CO)C(O)CCCCCCCCCCC. The van der Waals surface area contributed by atoms with E-state index in [0.29, 0.717) is 25.9 Å². The highest BCUT2D eigenvalue weighted by Crippen LogP contribution is 2.16. The number of amides is 1. The maximum atomic E-state index is 12.4. The number of aliphatic hydroxyl groups is 2. The average Bonchev–Trinajstić information content (AvgIpc) is 3.21. The molecule has 1 amide bonds. The van der Waals surface area contributed by atoms with Gasteiger partial charge in [0, 0.05) is 12.8 Å². The van der Waals surface area contributed by atoms with Crippen LogP contribution in [0.1, 0.15) is 277 Å². The van der Waals surface area contributed by atoms with E-state index in [2.05, 4.69) is 31.3 Å². The van der Waals surface area contributed by atoms with Gasteiger partial charge in [0.2, 0.25) is 5.91 Å². The molecule has 0 rings (SSSR count). The van der Waals surface area contributed by atoms with Gasteiger partial charge in [0.25, 0.3) is 0 Å². The fourth-order valence-corrected chi connectivity index (χ4v) is 7.87. The van der Waals surface area contributed by atoms with E-state index >= 15 is 0 Å². The van der Waals surface area contributed by atoms with Crippen LogP contribution < -0.4 is 5.32 Å². The van der Waals surface area contributed by atoms with Gasteiger partial charge in [-0.3, -0.25) is 9.59 Å². The Bertz CT molecular complexity index is 847. The van der Waals surface area contributed by atoms with Gasteiger partial charge in [-0.15, -0.1) is 0 Å². The van der Waals surface area contributed by atoms with E-state index in [9.17, 15) is 19.8 Å². The molecule has 0 aliphatic carbocycles. The molecule has 2 unspecified atom stereocenters. The lowest BCUT2D eigenvalue weighted by atomic mass is 10.0. The number of allylic oxidation sites excluding steroid dienone is 2. The number of carbonyl (C=O) groups is 2. The number of hydrogen-bond donors (Lipinski definition) is 3. The van der Waals surface area contributed by atoms with Crippen LogP contribution in [0.5, 0.6) is 0 Å². The van der Waals surface area contributed by atoms with Crippen molar-refractivity contribution in [2.24, 2.45) is 0 Å². The van der Waals surface area contributed by atoms with Crippen LogP contribution in [0, 0.1) is 0 Å². The van der Waals surface area contributed by atoms with Gasteiger partial charge in [0.15, 0.2) is 0 Å². The Morgan fingerprint density at radius 3 is 1.25 bits per heavy atom. The summed E-state index contributed by atoms with van der Waals surface area (Å²) >= 11 is 0. The van der Waals surface area contributed by atoms with Gasteiger partial charge in [0.05, 0.1) is 25.4 Å². The molecule has 0 heterocycles. The van der Waals surface area contributed by atoms with Crippen LogP contribution in [0.4, 0.5) is 0 Å². The zero-order valence-corrected chi connectivity index (χ0v) is 38.3. The Morgan fingerprint density at radius 1 is 0.474 bits per heavy atom. The van der Waals surface area contributed by atoms with E-state index in [-0.39, 0.29) is 18.5 Å². The van der Waals surface area contributed by atoms with Crippen molar-refractivity contribution in [1.29, 1.82) is 0 Å². The Labute approximate surface area is 355 Å². The summed E-state index contributed by atoms with van der Waals surface area (Å²) in [5.74, 6) is -0.0626. The molecule has 6 nitrogen and oxygen atoms in total. The number of rotatable bonds is 47. The fraction of sp³-hybridized carbons (Fsp3) is 0.922. The van der Waals surface area contributed by atoms with Crippen LogP contribution in [0.2, 0.25) is 0 Å². The molecular weight excluding hydrogens is 707 g/mol. The second-order valence-corrected chi connectivity index (χ2v) is 17.5. The lowest BCUT2D eigenvalue weighted by molar-refractivity contribution is -0.143. The van der Waals surface area contributed by atoms with Crippen molar-refractivity contribution in [3.8, 4) is 0 Å². The van der Waals surface area contributed by atoms with Crippen molar-refractivity contribution in [3.05, 3.63) is 12.2 Å². The number of unbranched alkanes of at least 4 members (excludes halogenated alkanes) is 34. The third-order valence-electron chi connectivity index (χ3n) is 11.8. The first-order valence-corrected chi connectivity index (χ1v) is 25.4. The summed E-state index contributed by atoms with van der Waals surface area (Å²) in [5.41, 5.74) is 0. The van der Waals surface area contributed by atoms with E-state index in [1.165, 1.54) is 186 Å². The Balaban J connectivity index is 3.40. The number of ether oxygens (including phenoxy) is 1. The van der Waals surface area contributed by atoms with Crippen LogP contribution >= 0.6 is 0 Å². The molecule has 0 bridgehead atoms. The molecule has 0 aliphatic rings. The summed E-state index contributed by atoms with van der Waals surface area (Å²) in [7, 11) is 0. The second kappa shape index (κ2) is 47.3. The van der Waals surface area contributed by atoms with Crippen LogP contribution in [0.25, 0.3) is 0 Å². The van der Waals surface area contributed by atoms with Gasteiger partial charge in [0.1, 0.15) is 0 Å². The molecule has 0 radical (unpaired) electrons. The van der Waals surface area contributed by atoms with Gasteiger partial charge >= 0.3 is 5.97 Å². The van der Waals surface area contributed by atoms with Gasteiger partial charge in [-0.25, -0.2) is 0 Å². The molecule has 0 spiro atoms. The van der Waals surface area contributed by atoms with Crippen LogP contribution in [-0.4, -0.2) is 47.4 Å². The summed E-state index contributed by atoms with van der Waals surface area (Å²) in [6.45, 7) is 4.90. The minimum absolute atomic E-state index is 0.00993. The van der Waals surface area contributed by atoms with Gasteiger partial charge in [-0.05, 0) is 51.4 Å². The minimum Gasteiger partial charge on any atom is -0.466 e. The highest BCUT2D eigenvalue weighted by atomic mass is 16.5. The summed E-state index contributed by atoms with van der Waals surface area (Å²) in [5, 5.41) is 23.0. The smallest absolute Gasteiger partial charge is 0.305 e. The molecular formula is C51H99NO5. The third-order valence-corrected chi connectivity index (χ3v) is 11.8. The van der Waals surface area contributed by atoms with Crippen molar-refractivity contribution in [2.75, 3.05) is 13.2 Å². The molecule has 0 aromatic heterocycles. The monoisotopic (exact) mass is 806 g/mol. The van der Waals surface area contributed by atoms with E-state index in [4.69, 9.17) is 4.74 Å². The number of hydrogen-bond acceptors (Lipinski definition) is 5. The third kappa shape index (κ3) is 44.0. The quantitative estimate of drug-likeness (QED) is 0.0323. The van der Waals surface area contributed by atoms with Crippen molar-refractivity contribution in [1.82, 2.24) is 5.32 Å². The average molecular weight is 806 g/mol. The second-order valence-electron chi connectivity index (χ2n) is 17.5. The predicted molar refractivity (Wildman–Crippen MR) is 246 cm³/mol. The van der Waals surface area contributed by atoms with E-state index < -0.39 is 12.1 Å². The number of esters is 1. The zero-order valence-electron chi connectivity index (χ0n) is 38.3. The van der Waals surface area contributed by atoms with E-state index in [1.54, 1.807) is 0 Å². The highest BCUT2D eigenvalue weighted by Gasteiger charge is 2.20. The molecule has 0 aliphatic heterocycles. The summed E-state index contributed by atoms with van der Waals surface area (Å²) in [6, 6.07) is -0.550. The van der Waals surface area contributed by atoms with Crippen molar-refractivity contribution >= 4 is 11.9 Å². The summed E-state index contributed by atoms with van der Waals surface area (Å²) in [4.78, 5) is 24.4. The lowest BCUT2D eigenvalue weighted by Crippen LogP contribution is -2.45. The summed E-state index contributed by atoms with van der Waals surface area (Å²) < 4.78 is 5.47. The van der Waals surface area contributed by atoms with Crippen molar-refractivity contribution < 1.29 is 24.5 Å². The Hall–Kier alpha value is -1.40. The van der Waals surface area contributed by atoms with Gasteiger partial charge < -0.3 is 20.3 Å². The lowest BCUT2D eigenvalue weighted by Gasteiger charge is -2.22. The maximum absolute atomic E-state index is 12.4.